The molecule has 1 aliphatic carbocycles. The van der Waals surface area contributed by atoms with Gasteiger partial charge in [-0.1, -0.05) is 84.9 Å². The van der Waals surface area contributed by atoms with Crippen LogP contribution in [0.25, 0.3) is 6.08 Å². The van der Waals surface area contributed by atoms with Gasteiger partial charge in [0.2, 0.25) is 11.7 Å². The largest absolute Gasteiger partial charge is 0.456 e. The molecular formula is C42H37F3N2O9. The van der Waals surface area contributed by atoms with Crippen molar-refractivity contribution in [3.05, 3.63) is 160 Å². The molecule has 290 valence electrons. The van der Waals surface area contributed by atoms with E-state index < -0.39 is 54.7 Å². The van der Waals surface area contributed by atoms with E-state index in [0.717, 1.165) is 6.08 Å². The number of esters is 2. The summed E-state index contributed by atoms with van der Waals surface area (Å²) < 4.78 is 60.8. The lowest BCUT2D eigenvalue weighted by Crippen LogP contribution is -2.43. The van der Waals surface area contributed by atoms with Crippen LogP contribution in [0.3, 0.4) is 0 Å². The standard InChI is InChI=1S/C42H37F3N2O9/c43-41(44,45)26-53-36(49)19-16-27-14-17-29(18-15-27)40(52)54-34-23-31(39(51)47-25-28-8-7-9-30(22-28)38(50)46-20-21-48)24-35-37(34)56-42(55-35,32-10-3-1-4-11-32)33-12-5-2-6-13-33/h1-19,22,24,34-35,37,48H,20-21,23,25-26H2,(H,46,50)(H,47,51). The summed E-state index contributed by atoms with van der Waals surface area (Å²) in [6, 6.07) is 31.0. The van der Waals surface area contributed by atoms with E-state index in [4.69, 9.17) is 19.3 Å². The molecule has 11 nitrogen and oxygen atoms in total. The van der Waals surface area contributed by atoms with E-state index in [0.29, 0.717) is 27.8 Å². The number of hydrogen-bond acceptors (Lipinski definition) is 9. The average molecular weight is 771 g/mol. The number of hydrogen-bond donors (Lipinski definition) is 3. The van der Waals surface area contributed by atoms with E-state index in [1.807, 2.05) is 60.7 Å². The minimum atomic E-state index is -4.65. The van der Waals surface area contributed by atoms with E-state index in [1.165, 1.54) is 30.3 Å². The highest BCUT2D eigenvalue weighted by Crippen LogP contribution is 2.47. The molecule has 0 radical (unpaired) electrons. The van der Waals surface area contributed by atoms with Gasteiger partial charge in [0.25, 0.3) is 5.91 Å². The molecule has 3 unspecified atom stereocenters. The van der Waals surface area contributed by atoms with Gasteiger partial charge in [0.15, 0.2) is 6.61 Å². The molecule has 0 spiro atoms. The smallest absolute Gasteiger partial charge is 0.422 e. The number of ether oxygens (including phenoxy) is 4. The van der Waals surface area contributed by atoms with Crippen LogP contribution in [0.1, 0.15) is 49.4 Å². The number of aliphatic hydroxyl groups excluding tert-OH is 1. The molecule has 56 heavy (non-hydrogen) atoms. The van der Waals surface area contributed by atoms with Gasteiger partial charge < -0.3 is 34.7 Å². The highest BCUT2D eigenvalue weighted by molar-refractivity contribution is 5.95. The van der Waals surface area contributed by atoms with Crippen molar-refractivity contribution < 1.29 is 56.4 Å². The monoisotopic (exact) mass is 770 g/mol. The van der Waals surface area contributed by atoms with Crippen molar-refractivity contribution >= 4 is 29.8 Å². The van der Waals surface area contributed by atoms with Gasteiger partial charge >= 0.3 is 18.1 Å². The molecule has 3 N–H and O–H groups in total. The highest BCUT2D eigenvalue weighted by Gasteiger charge is 2.55. The van der Waals surface area contributed by atoms with Crippen LogP contribution in [-0.2, 0) is 40.9 Å². The lowest BCUT2D eigenvalue weighted by atomic mass is 9.91. The fourth-order valence-corrected chi connectivity index (χ4v) is 6.28. The highest BCUT2D eigenvalue weighted by atomic mass is 19.4. The number of benzene rings is 4. The van der Waals surface area contributed by atoms with Gasteiger partial charge in [0.05, 0.1) is 12.2 Å². The molecule has 4 aromatic carbocycles. The maximum absolute atomic E-state index is 13.7. The first-order valence-corrected chi connectivity index (χ1v) is 17.6. The van der Waals surface area contributed by atoms with Gasteiger partial charge in [-0.25, -0.2) is 9.59 Å². The molecule has 1 heterocycles. The number of fused-ring (bicyclic) bond motifs is 1. The van der Waals surface area contributed by atoms with Gasteiger partial charge in [-0.05, 0) is 47.5 Å². The summed E-state index contributed by atoms with van der Waals surface area (Å²) in [5.74, 6) is -4.16. The number of alkyl halides is 3. The molecule has 1 aliphatic heterocycles. The normalized spacial score (nSPS) is 18.7. The summed E-state index contributed by atoms with van der Waals surface area (Å²) in [6.45, 7) is -1.74. The zero-order valence-electron chi connectivity index (χ0n) is 29.7. The maximum Gasteiger partial charge on any atom is 0.422 e. The topological polar surface area (TPSA) is 149 Å². The molecule has 1 fully saturated rings. The van der Waals surface area contributed by atoms with Gasteiger partial charge in [-0.2, -0.15) is 13.2 Å². The molecule has 0 bridgehead atoms. The van der Waals surface area contributed by atoms with E-state index in [9.17, 15) is 32.3 Å². The first kappa shape index (κ1) is 39.6. The third-order valence-corrected chi connectivity index (χ3v) is 8.91. The first-order chi connectivity index (χ1) is 26.9. The van der Waals surface area contributed by atoms with E-state index >= 15 is 0 Å². The van der Waals surface area contributed by atoms with Crippen molar-refractivity contribution in [1.82, 2.24) is 10.6 Å². The lowest BCUT2D eigenvalue weighted by Gasteiger charge is -2.31. The van der Waals surface area contributed by atoms with Gasteiger partial charge in [-0.15, -0.1) is 0 Å². The van der Waals surface area contributed by atoms with Crippen LogP contribution in [0.15, 0.2) is 127 Å². The Morgan fingerprint density at radius 2 is 1.50 bits per heavy atom. The quantitative estimate of drug-likeness (QED) is 0.120. The third kappa shape index (κ3) is 9.76. The molecule has 0 saturated carbocycles. The number of nitrogens with one attached hydrogen (secondary N) is 2. The van der Waals surface area contributed by atoms with Crippen molar-refractivity contribution in [2.24, 2.45) is 0 Å². The summed E-state index contributed by atoms with van der Waals surface area (Å²) in [5.41, 5.74) is 3.18. The predicted octanol–water partition coefficient (Wildman–Crippen LogP) is 5.38. The SMILES string of the molecule is O=C(C=Cc1ccc(C(=O)OC2CC(C(=O)NCc3cccc(C(=O)NCCO)c3)=CC3OC(c4ccccc4)(c4ccccc4)OC32)cc1)OCC(F)(F)F. The second-order valence-corrected chi connectivity index (χ2v) is 12.9. The third-order valence-electron chi connectivity index (χ3n) is 8.91. The minimum Gasteiger partial charge on any atom is -0.456 e. The Morgan fingerprint density at radius 1 is 0.821 bits per heavy atom. The van der Waals surface area contributed by atoms with Crippen molar-refractivity contribution in [2.75, 3.05) is 19.8 Å². The zero-order chi connectivity index (χ0) is 39.7. The molecule has 3 atom stereocenters. The predicted molar refractivity (Wildman–Crippen MR) is 196 cm³/mol. The van der Waals surface area contributed by atoms with Gasteiger partial charge in [0.1, 0.15) is 18.3 Å². The van der Waals surface area contributed by atoms with E-state index in [1.54, 1.807) is 30.3 Å². The van der Waals surface area contributed by atoms with Crippen LogP contribution in [0.4, 0.5) is 13.2 Å². The summed E-state index contributed by atoms with van der Waals surface area (Å²) in [6.07, 6.45) is -3.64. The minimum absolute atomic E-state index is 0.0355. The second kappa shape index (κ2) is 17.6. The number of amides is 2. The van der Waals surface area contributed by atoms with Crippen molar-refractivity contribution in [2.45, 2.75) is 43.2 Å². The van der Waals surface area contributed by atoms with Crippen LogP contribution in [0.2, 0.25) is 0 Å². The first-order valence-electron chi connectivity index (χ1n) is 17.6. The molecule has 0 aromatic heterocycles. The fourth-order valence-electron chi connectivity index (χ4n) is 6.28. The average Bonchev–Trinajstić information content (AvgIpc) is 3.62. The Bertz CT molecular complexity index is 2050. The zero-order valence-corrected chi connectivity index (χ0v) is 29.7. The molecule has 2 aliphatic rings. The summed E-state index contributed by atoms with van der Waals surface area (Å²) >= 11 is 0. The molecule has 14 heteroatoms. The fraction of sp³-hybridized carbons (Fsp3) is 0.238. The van der Waals surface area contributed by atoms with Crippen LogP contribution < -0.4 is 10.6 Å². The molecule has 1 saturated heterocycles. The summed E-state index contributed by atoms with van der Waals surface area (Å²) in [4.78, 5) is 51.4. The number of carbonyl (C=O) groups excluding carboxylic acids is 4. The van der Waals surface area contributed by atoms with E-state index in [2.05, 4.69) is 15.4 Å². The van der Waals surface area contributed by atoms with Crippen LogP contribution in [0.5, 0.6) is 0 Å². The lowest BCUT2D eigenvalue weighted by molar-refractivity contribution is -0.182. The second-order valence-electron chi connectivity index (χ2n) is 12.9. The molecule has 4 aromatic rings. The van der Waals surface area contributed by atoms with Crippen molar-refractivity contribution in [1.29, 1.82) is 0 Å². The molecule has 6 rings (SSSR count). The summed E-state index contributed by atoms with van der Waals surface area (Å²) in [5, 5.41) is 14.5. The molecular weight excluding hydrogens is 733 g/mol. The number of rotatable bonds is 13. The number of halogens is 3. The number of carbonyl (C=O) groups is 4. The Labute approximate surface area is 319 Å². The Morgan fingerprint density at radius 3 is 2.14 bits per heavy atom. The van der Waals surface area contributed by atoms with Crippen molar-refractivity contribution in [3.8, 4) is 0 Å². The van der Waals surface area contributed by atoms with Crippen LogP contribution >= 0.6 is 0 Å². The summed E-state index contributed by atoms with van der Waals surface area (Å²) in [7, 11) is 0. The number of aliphatic hydroxyl groups is 1. The van der Waals surface area contributed by atoms with Crippen LogP contribution in [-0.4, -0.2) is 73.1 Å². The van der Waals surface area contributed by atoms with Gasteiger partial charge in [0, 0.05) is 47.8 Å². The maximum atomic E-state index is 13.7. The Balaban J connectivity index is 1.23. The molecule has 2 amide bonds. The Kier molecular flexibility index (Phi) is 12.4. The Hall–Kier alpha value is -6.09. The van der Waals surface area contributed by atoms with Gasteiger partial charge in [-0.3, -0.25) is 9.59 Å². The van der Waals surface area contributed by atoms with Crippen LogP contribution in [0, 0.1) is 0 Å². The van der Waals surface area contributed by atoms with E-state index in [-0.39, 0.29) is 43.2 Å². The van der Waals surface area contributed by atoms with Crippen molar-refractivity contribution in [3.63, 3.8) is 0 Å².